The molecule has 0 saturated heterocycles. The van der Waals surface area contributed by atoms with Gasteiger partial charge in [0, 0.05) is 11.8 Å². The minimum atomic E-state index is -0.324. The number of halogens is 2. The number of ether oxygens (including phenoxy) is 2. The van der Waals surface area contributed by atoms with E-state index < -0.39 is 0 Å². The van der Waals surface area contributed by atoms with Crippen LogP contribution in [-0.4, -0.2) is 28.9 Å². The molecule has 8 heteroatoms. The van der Waals surface area contributed by atoms with Gasteiger partial charge in [-0.2, -0.15) is 5.10 Å². The van der Waals surface area contributed by atoms with Crippen LogP contribution in [-0.2, 0) is 17.8 Å². The summed E-state index contributed by atoms with van der Waals surface area (Å²) in [6.07, 6.45) is 1.66. The summed E-state index contributed by atoms with van der Waals surface area (Å²) >= 11 is 6.19. The third-order valence-corrected chi connectivity index (χ3v) is 4.51. The minimum Gasteiger partial charge on any atom is -0.490 e. The molecule has 3 rings (SSSR count). The monoisotopic (exact) mass is 431 g/mol. The molecule has 158 valence electrons. The lowest BCUT2D eigenvalue weighted by molar-refractivity contribution is -0.115. The molecule has 1 amide bonds. The maximum absolute atomic E-state index is 13.8. The molecule has 0 radical (unpaired) electrons. The highest BCUT2D eigenvalue weighted by atomic mass is 35.5. The molecule has 1 heterocycles. The fourth-order valence-corrected chi connectivity index (χ4v) is 3.13. The molecule has 0 aliphatic rings. The van der Waals surface area contributed by atoms with E-state index in [1.807, 2.05) is 19.9 Å². The highest BCUT2D eigenvalue weighted by Gasteiger charge is 2.14. The summed E-state index contributed by atoms with van der Waals surface area (Å²) in [6.45, 7) is 5.00. The quantitative estimate of drug-likeness (QED) is 0.533. The Balaban J connectivity index is 1.67. The van der Waals surface area contributed by atoms with E-state index in [0.29, 0.717) is 30.3 Å². The van der Waals surface area contributed by atoms with E-state index in [1.54, 1.807) is 36.5 Å². The van der Waals surface area contributed by atoms with Crippen molar-refractivity contribution in [2.45, 2.75) is 26.8 Å². The second-order valence-corrected chi connectivity index (χ2v) is 6.89. The van der Waals surface area contributed by atoms with Gasteiger partial charge in [-0.3, -0.25) is 9.48 Å². The molecule has 2 aromatic carbocycles. The Morgan fingerprint density at radius 3 is 2.60 bits per heavy atom. The lowest BCUT2D eigenvalue weighted by Crippen LogP contribution is -2.15. The second-order valence-electron chi connectivity index (χ2n) is 6.49. The van der Waals surface area contributed by atoms with Gasteiger partial charge in [-0.15, -0.1) is 0 Å². The Kier molecular flexibility index (Phi) is 7.30. The van der Waals surface area contributed by atoms with Crippen molar-refractivity contribution in [1.82, 2.24) is 9.78 Å². The zero-order valence-electron chi connectivity index (χ0n) is 16.8. The van der Waals surface area contributed by atoms with Crippen LogP contribution < -0.4 is 14.8 Å². The zero-order valence-corrected chi connectivity index (χ0v) is 17.6. The van der Waals surface area contributed by atoms with Gasteiger partial charge in [0.25, 0.3) is 0 Å². The van der Waals surface area contributed by atoms with Crippen molar-refractivity contribution in [2.24, 2.45) is 0 Å². The van der Waals surface area contributed by atoms with Crippen molar-refractivity contribution in [2.75, 3.05) is 18.5 Å². The number of amides is 1. The molecule has 0 unspecified atom stereocenters. The van der Waals surface area contributed by atoms with E-state index in [-0.39, 0.29) is 35.5 Å². The minimum absolute atomic E-state index is 0.114. The molecule has 1 N–H and O–H groups in total. The Hall–Kier alpha value is -3.06. The van der Waals surface area contributed by atoms with Crippen LogP contribution in [0.1, 0.15) is 25.0 Å². The summed E-state index contributed by atoms with van der Waals surface area (Å²) in [4.78, 5) is 12.5. The van der Waals surface area contributed by atoms with Crippen LogP contribution in [0.3, 0.4) is 0 Å². The number of anilines is 1. The van der Waals surface area contributed by atoms with Gasteiger partial charge in [0.2, 0.25) is 5.91 Å². The van der Waals surface area contributed by atoms with Crippen molar-refractivity contribution in [3.8, 4) is 11.5 Å². The first-order chi connectivity index (χ1) is 14.5. The number of nitrogens with one attached hydrogen (secondary N) is 1. The Morgan fingerprint density at radius 2 is 1.87 bits per heavy atom. The molecule has 0 fully saturated rings. The third-order valence-electron chi connectivity index (χ3n) is 4.24. The molecular weight excluding hydrogens is 409 g/mol. The average Bonchev–Trinajstić information content (AvgIpc) is 3.04. The number of hydrogen-bond acceptors (Lipinski definition) is 4. The molecule has 0 atom stereocenters. The normalized spacial score (nSPS) is 10.7. The van der Waals surface area contributed by atoms with Crippen LogP contribution in [0.2, 0.25) is 5.02 Å². The highest BCUT2D eigenvalue weighted by molar-refractivity contribution is 6.33. The Morgan fingerprint density at radius 1 is 1.13 bits per heavy atom. The number of hydrogen-bond donors (Lipinski definition) is 1. The number of rotatable bonds is 9. The van der Waals surface area contributed by atoms with Crippen LogP contribution in [0.5, 0.6) is 11.5 Å². The van der Waals surface area contributed by atoms with Crippen LogP contribution in [0, 0.1) is 5.82 Å². The van der Waals surface area contributed by atoms with Crippen molar-refractivity contribution in [3.63, 3.8) is 0 Å². The molecule has 30 heavy (non-hydrogen) atoms. The second kappa shape index (κ2) is 10.1. The summed E-state index contributed by atoms with van der Waals surface area (Å²) in [6, 6.07) is 11.8. The fraction of sp³-hybridized carbons (Fsp3) is 0.273. The largest absolute Gasteiger partial charge is 0.490 e. The van der Waals surface area contributed by atoms with Gasteiger partial charge in [-0.05, 0) is 37.6 Å². The first-order valence-corrected chi connectivity index (χ1v) is 10.0. The lowest BCUT2D eigenvalue weighted by atomic mass is 10.1. The molecule has 6 nitrogen and oxygen atoms in total. The van der Waals surface area contributed by atoms with E-state index in [1.165, 1.54) is 10.7 Å². The summed E-state index contributed by atoms with van der Waals surface area (Å²) in [5, 5.41) is 7.24. The van der Waals surface area contributed by atoms with Crippen molar-refractivity contribution in [3.05, 3.63) is 70.6 Å². The molecule has 0 saturated carbocycles. The average molecular weight is 432 g/mol. The predicted octanol–water partition coefficient (Wildman–Crippen LogP) is 4.70. The van der Waals surface area contributed by atoms with Gasteiger partial charge in [-0.1, -0.05) is 35.9 Å². The van der Waals surface area contributed by atoms with Crippen LogP contribution in [0.4, 0.5) is 10.2 Å². The summed E-state index contributed by atoms with van der Waals surface area (Å²) in [5.74, 6) is 0.860. The van der Waals surface area contributed by atoms with Gasteiger partial charge in [-0.25, -0.2) is 4.39 Å². The smallest absolute Gasteiger partial charge is 0.230 e. The standard InChI is InChI=1S/C22H23ClFN3O3/c1-3-29-19-10-9-15(11-20(19)30-4-2)12-21(28)25-22-17(23)14-27(26-22)13-16-7-5-6-8-18(16)24/h5-11,14H,3-4,12-13H2,1-2H3,(H,25,26,28). The molecule has 0 bridgehead atoms. The van der Waals surface area contributed by atoms with Gasteiger partial charge in [0.05, 0.1) is 26.2 Å². The van der Waals surface area contributed by atoms with E-state index >= 15 is 0 Å². The number of nitrogens with zero attached hydrogens (tertiary/aromatic N) is 2. The molecule has 1 aromatic heterocycles. The highest BCUT2D eigenvalue weighted by Crippen LogP contribution is 2.29. The predicted molar refractivity (Wildman–Crippen MR) is 114 cm³/mol. The fourth-order valence-electron chi connectivity index (χ4n) is 2.93. The van der Waals surface area contributed by atoms with E-state index in [4.69, 9.17) is 21.1 Å². The van der Waals surface area contributed by atoms with Crippen molar-refractivity contribution < 1.29 is 18.7 Å². The van der Waals surface area contributed by atoms with Crippen LogP contribution in [0.15, 0.2) is 48.7 Å². The zero-order chi connectivity index (χ0) is 21.5. The maximum Gasteiger partial charge on any atom is 0.230 e. The Bertz CT molecular complexity index is 1020. The van der Waals surface area contributed by atoms with Gasteiger partial charge in [0.15, 0.2) is 17.3 Å². The topological polar surface area (TPSA) is 65.4 Å². The van der Waals surface area contributed by atoms with E-state index in [0.717, 1.165) is 5.56 Å². The summed E-state index contributed by atoms with van der Waals surface area (Å²) in [5.41, 5.74) is 1.24. The first kappa shape index (κ1) is 21.6. The summed E-state index contributed by atoms with van der Waals surface area (Å²) in [7, 11) is 0. The van der Waals surface area contributed by atoms with Gasteiger partial charge < -0.3 is 14.8 Å². The van der Waals surface area contributed by atoms with E-state index in [2.05, 4.69) is 10.4 Å². The van der Waals surface area contributed by atoms with Crippen LogP contribution >= 0.6 is 11.6 Å². The first-order valence-electron chi connectivity index (χ1n) is 9.64. The lowest BCUT2D eigenvalue weighted by Gasteiger charge is -2.12. The molecular formula is C22H23ClFN3O3. The number of aromatic nitrogens is 2. The summed E-state index contributed by atoms with van der Waals surface area (Å²) < 4.78 is 26.5. The number of carbonyl (C=O) groups excluding carboxylic acids is 1. The Labute approximate surface area is 179 Å². The molecule has 0 spiro atoms. The van der Waals surface area contributed by atoms with Gasteiger partial charge in [0.1, 0.15) is 10.8 Å². The SMILES string of the molecule is CCOc1ccc(CC(=O)Nc2nn(Cc3ccccc3F)cc2Cl)cc1OCC. The molecule has 0 aliphatic carbocycles. The van der Waals surface area contributed by atoms with Crippen molar-refractivity contribution in [1.29, 1.82) is 0 Å². The number of carbonyl (C=O) groups is 1. The van der Waals surface area contributed by atoms with Crippen molar-refractivity contribution >= 4 is 23.3 Å². The van der Waals surface area contributed by atoms with E-state index in [9.17, 15) is 9.18 Å². The van der Waals surface area contributed by atoms with Gasteiger partial charge >= 0.3 is 0 Å². The third kappa shape index (κ3) is 5.51. The molecule has 0 aliphatic heterocycles. The number of benzene rings is 2. The van der Waals surface area contributed by atoms with Crippen LogP contribution in [0.25, 0.3) is 0 Å². The maximum atomic E-state index is 13.8. The molecule has 3 aromatic rings.